The average molecular weight is 337 g/mol. The second kappa shape index (κ2) is 9.82. The first kappa shape index (κ1) is 19.8. The molecule has 0 saturated heterocycles. The van der Waals surface area contributed by atoms with Gasteiger partial charge in [-0.1, -0.05) is 38.1 Å². The number of esters is 1. The molecule has 1 aromatic carbocycles. The van der Waals surface area contributed by atoms with E-state index in [0.717, 1.165) is 0 Å². The van der Waals surface area contributed by atoms with Gasteiger partial charge in [-0.15, -0.1) is 6.58 Å². The molecule has 0 radical (unpaired) electrons. The molecule has 2 atom stereocenters. The Balaban J connectivity index is 2.63. The number of carbonyl (C=O) groups excluding carboxylic acids is 2. The number of carbonyl (C=O) groups is 2. The maximum atomic E-state index is 13.6. The fourth-order valence-electron chi connectivity index (χ4n) is 1.92. The monoisotopic (exact) mass is 337 g/mol. The predicted octanol–water partition coefficient (Wildman–Crippen LogP) is 2.60. The second-order valence-corrected chi connectivity index (χ2v) is 5.67. The minimum Gasteiger partial charge on any atom is -0.450 e. The van der Waals surface area contributed by atoms with Crippen LogP contribution in [0.3, 0.4) is 0 Å². The van der Waals surface area contributed by atoms with Crippen LogP contribution in [-0.4, -0.2) is 30.7 Å². The maximum absolute atomic E-state index is 13.6. The highest BCUT2D eigenvalue weighted by atomic mass is 19.1. The first-order valence-electron chi connectivity index (χ1n) is 7.81. The minimum atomic E-state index is -0.973. The number of hydrogen-bond donors (Lipinski definition) is 1. The van der Waals surface area contributed by atoms with Gasteiger partial charge in [-0.05, 0) is 18.9 Å². The molecule has 2 unspecified atom stereocenters. The standard InChI is InChI=1S/C18H24FNO4/c1-5-10-23-13(4)18(22)24-16(12(2)3)17(21)20-11-14-8-6-7-9-15(14)19/h5-9,12-13,16H,1,10-11H2,2-4H3,(H,20,21). The van der Waals surface area contributed by atoms with Crippen LogP contribution < -0.4 is 5.32 Å². The van der Waals surface area contributed by atoms with Crippen molar-refractivity contribution in [1.82, 2.24) is 5.32 Å². The third kappa shape index (κ3) is 6.12. The van der Waals surface area contributed by atoms with Crippen LogP contribution in [0.2, 0.25) is 0 Å². The number of nitrogens with one attached hydrogen (secondary N) is 1. The molecule has 5 nitrogen and oxygen atoms in total. The van der Waals surface area contributed by atoms with Crippen molar-refractivity contribution in [2.75, 3.05) is 6.61 Å². The zero-order valence-corrected chi connectivity index (χ0v) is 14.3. The molecule has 1 aromatic rings. The number of halogens is 1. The SMILES string of the molecule is C=CCOC(C)C(=O)OC(C(=O)NCc1ccccc1F)C(C)C. The molecule has 0 aliphatic carbocycles. The van der Waals surface area contributed by atoms with Crippen molar-refractivity contribution in [2.24, 2.45) is 5.92 Å². The average Bonchev–Trinajstić information content (AvgIpc) is 2.55. The molecule has 0 bridgehead atoms. The third-order valence-electron chi connectivity index (χ3n) is 3.31. The molecule has 24 heavy (non-hydrogen) atoms. The Labute approximate surface area is 141 Å². The molecular formula is C18H24FNO4. The van der Waals surface area contributed by atoms with E-state index in [1.807, 2.05) is 0 Å². The van der Waals surface area contributed by atoms with Gasteiger partial charge in [0.2, 0.25) is 0 Å². The van der Waals surface area contributed by atoms with E-state index < -0.39 is 29.9 Å². The first-order chi connectivity index (χ1) is 11.4. The van der Waals surface area contributed by atoms with Crippen LogP contribution in [0.25, 0.3) is 0 Å². The lowest BCUT2D eigenvalue weighted by atomic mass is 10.1. The lowest BCUT2D eigenvalue weighted by Crippen LogP contribution is -2.42. The Morgan fingerprint density at radius 1 is 1.29 bits per heavy atom. The largest absolute Gasteiger partial charge is 0.450 e. The summed E-state index contributed by atoms with van der Waals surface area (Å²) in [7, 11) is 0. The molecule has 0 aromatic heterocycles. The Kier molecular flexibility index (Phi) is 8.12. The van der Waals surface area contributed by atoms with Gasteiger partial charge in [0.1, 0.15) is 5.82 Å². The number of rotatable bonds is 9. The Bertz CT molecular complexity index is 574. The van der Waals surface area contributed by atoms with Crippen molar-refractivity contribution in [3.63, 3.8) is 0 Å². The summed E-state index contributed by atoms with van der Waals surface area (Å²) >= 11 is 0. The summed E-state index contributed by atoms with van der Waals surface area (Å²) in [6, 6.07) is 6.16. The van der Waals surface area contributed by atoms with Gasteiger partial charge < -0.3 is 14.8 Å². The van der Waals surface area contributed by atoms with Crippen molar-refractivity contribution in [3.8, 4) is 0 Å². The lowest BCUT2D eigenvalue weighted by molar-refractivity contribution is -0.168. The van der Waals surface area contributed by atoms with Gasteiger partial charge in [0.05, 0.1) is 6.61 Å². The lowest BCUT2D eigenvalue weighted by Gasteiger charge is -2.22. The van der Waals surface area contributed by atoms with Crippen molar-refractivity contribution in [1.29, 1.82) is 0 Å². The molecule has 0 fully saturated rings. The van der Waals surface area contributed by atoms with Crippen LogP contribution in [0.1, 0.15) is 26.3 Å². The predicted molar refractivity (Wildman–Crippen MR) is 88.6 cm³/mol. The highest BCUT2D eigenvalue weighted by Gasteiger charge is 2.28. The van der Waals surface area contributed by atoms with Crippen LogP contribution in [0.4, 0.5) is 4.39 Å². The van der Waals surface area contributed by atoms with E-state index in [9.17, 15) is 14.0 Å². The zero-order chi connectivity index (χ0) is 18.1. The molecule has 0 heterocycles. The third-order valence-corrected chi connectivity index (χ3v) is 3.31. The van der Waals surface area contributed by atoms with Gasteiger partial charge >= 0.3 is 5.97 Å². The fourth-order valence-corrected chi connectivity index (χ4v) is 1.92. The van der Waals surface area contributed by atoms with E-state index in [4.69, 9.17) is 9.47 Å². The summed E-state index contributed by atoms with van der Waals surface area (Å²) in [6.45, 7) is 8.79. The second-order valence-electron chi connectivity index (χ2n) is 5.67. The molecule has 1 N–H and O–H groups in total. The van der Waals surface area contributed by atoms with Crippen molar-refractivity contribution in [3.05, 3.63) is 48.3 Å². The van der Waals surface area contributed by atoms with Gasteiger partial charge in [-0.3, -0.25) is 4.79 Å². The normalized spacial score (nSPS) is 13.2. The van der Waals surface area contributed by atoms with E-state index in [1.54, 1.807) is 39.0 Å². The molecule has 0 spiro atoms. The topological polar surface area (TPSA) is 64.6 Å². The van der Waals surface area contributed by atoms with Gasteiger partial charge in [-0.2, -0.15) is 0 Å². The van der Waals surface area contributed by atoms with Gasteiger partial charge in [0, 0.05) is 12.1 Å². The van der Waals surface area contributed by atoms with Crippen molar-refractivity contribution < 1.29 is 23.5 Å². The zero-order valence-electron chi connectivity index (χ0n) is 14.3. The molecule has 0 saturated carbocycles. The van der Waals surface area contributed by atoms with Gasteiger partial charge in [0.15, 0.2) is 12.2 Å². The summed E-state index contributed by atoms with van der Waals surface area (Å²) < 4.78 is 24.0. The Morgan fingerprint density at radius 3 is 2.54 bits per heavy atom. The summed E-state index contributed by atoms with van der Waals surface area (Å²) in [5, 5.41) is 2.60. The molecule has 6 heteroatoms. The highest BCUT2D eigenvalue weighted by molar-refractivity contribution is 5.85. The van der Waals surface area contributed by atoms with Crippen LogP contribution in [0.5, 0.6) is 0 Å². The molecule has 1 rings (SSSR count). The molecule has 0 aliphatic heterocycles. The maximum Gasteiger partial charge on any atom is 0.335 e. The summed E-state index contributed by atoms with van der Waals surface area (Å²) in [4.78, 5) is 24.2. The summed E-state index contributed by atoms with van der Waals surface area (Å²) in [5.41, 5.74) is 0.363. The molecule has 132 valence electrons. The first-order valence-corrected chi connectivity index (χ1v) is 7.81. The molecule has 0 aliphatic rings. The number of benzene rings is 1. The number of amides is 1. The number of ether oxygens (including phenoxy) is 2. The van der Waals surface area contributed by atoms with Gasteiger partial charge in [-0.25, -0.2) is 9.18 Å². The quantitative estimate of drug-likeness (QED) is 0.556. The van der Waals surface area contributed by atoms with E-state index >= 15 is 0 Å². The van der Waals surface area contributed by atoms with E-state index in [0.29, 0.717) is 5.56 Å². The smallest absolute Gasteiger partial charge is 0.335 e. The minimum absolute atomic E-state index is 0.0226. The van der Waals surface area contributed by atoms with E-state index in [2.05, 4.69) is 11.9 Å². The Hall–Kier alpha value is -2.21. The van der Waals surface area contributed by atoms with Crippen molar-refractivity contribution in [2.45, 2.75) is 39.5 Å². The summed E-state index contributed by atoms with van der Waals surface area (Å²) in [5.74, 6) is -1.74. The van der Waals surface area contributed by atoms with Crippen LogP contribution in [-0.2, 0) is 25.6 Å². The highest BCUT2D eigenvalue weighted by Crippen LogP contribution is 2.11. The molecular weight excluding hydrogens is 313 g/mol. The van der Waals surface area contributed by atoms with Gasteiger partial charge in [0.25, 0.3) is 5.91 Å². The van der Waals surface area contributed by atoms with Crippen LogP contribution in [0.15, 0.2) is 36.9 Å². The number of hydrogen-bond acceptors (Lipinski definition) is 4. The van der Waals surface area contributed by atoms with Crippen LogP contribution in [0, 0.1) is 11.7 Å². The fraction of sp³-hybridized carbons (Fsp3) is 0.444. The van der Waals surface area contributed by atoms with Crippen LogP contribution >= 0.6 is 0 Å². The molecule has 1 amide bonds. The Morgan fingerprint density at radius 2 is 1.96 bits per heavy atom. The van der Waals surface area contributed by atoms with E-state index in [1.165, 1.54) is 12.1 Å². The van der Waals surface area contributed by atoms with Crippen molar-refractivity contribution >= 4 is 11.9 Å². The van der Waals surface area contributed by atoms with E-state index in [-0.39, 0.29) is 19.1 Å². The summed E-state index contributed by atoms with van der Waals surface area (Å²) in [6.07, 6.45) is -0.257.